The summed E-state index contributed by atoms with van der Waals surface area (Å²) in [5.41, 5.74) is 0.384. The van der Waals surface area contributed by atoms with E-state index in [1.165, 1.54) is 6.08 Å². The molecule has 2 amide bonds. The largest absolute Gasteiger partial charge is 0.370 e. The molecule has 1 aliphatic heterocycles. The molecule has 6 nitrogen and oxygen atoms in total. The molecule has 0 aliphatic carbocycles. The van der Waals surface area contributed by atoms with Crippen LogP contribution in [0.1, 0.15) is 25.8 Å². The number of hydrogen-bond acceptors (Lipinski definition) is 3. The minimum atomic E-state index is -0.600. The summed E-state index contributed by atoms with van der Waals surface area (Å²) in [7, 11) is 1.94. The minimum Gasteiger partial charge on any atom is -0.370 e. The maximum atomic E-state index is 12.5. The summed E-state index contributed by atoms with van der Waals surface area (Å²) in [6, 6.07) is 1.95. The zero-order chi connectivity index (χ0) is 19.7. The van der Waals surface area contributed by atoms with Crippen LogP contribution in [0.4, 0.5) is 0 Å². The highest BCUT2D eigenvalue weighted by atomic mass is 16.5. The fourth-order valence-corrected chi connectivity index (χ4v) is 2.81. The topological polar surface area (TPSA) is 63.6 Å². The molecule has 27 heavy (non-hydrogen) atoms. The minimum absolute atomic E-state index is 0.0516. The quantitative estimate of drug-likeness (QED) is 0.591. The fraction of sp³-hybridized carbons (Fsp3) is 0.429. The molecule has 1 aromatic rings. The van der Waals surface area contributed by atoms with Crippen molar-refractivity contribution in [3.8, 4) is 0 Å². The summed E-state index contributed by atoms with van der Waals surface area (Å²) in [4.78, 5) is 26.1. The van der Waals surface area contributed by atoms with Gasteiger partial charge < -0.3 is 19.5 Å². The van der Waals surface area contributed by atoms with E-state index in [0.29, 0.717) is 26.2 Å². The Morgan fingerprint density at radius 1 is 1.33 bits per heavy atom. The first kappa shape index (κ1) is 20.7. The number of hydrogen-bond donors (Lipinski definition) is 1. The molecule has 2 heterocycles. The summed E-state index contributed by atoms with van der Waals surface area (Å²) < 4.78 is 7.77. The summed E-state index contributed by atoms with van der Waals surface area (Å²) in [5, 5.41) is 2.85. The Balaban J connectivity index is 1.86. The highest BCUT2D eigenvalue weighted by Gasteiger charge is 2.33. The summed E-state index contributed by atoms with van der Waals surface area (Å²) in [5.74, 6) is -0.225. The van der Waals surface area contributed by atoms with Crippen molar-refractivity contribution in [3.05, 3.63) is 54.4 Å². The third-order valence-corrected chi connectivity index (χ3v) is 4.29. The number of aryl methyl sites for hydroxylation is 1. The van der Waals surface area contributed by atoms with Crippen molar-refractivity contribution in [1.29, 1.82) is 0 Å². The third kappa shape index (κ3) is 6.90. The van der Waals surface area contributed by atoms with Crippen LogP contribution in [-0.4, -0.2) is 53.1 Å². The molecular formula is C21H29N3O3. The molecule has 1 aromatic heterocycles. The number of nitrogens with one attached hydrogen (secondary N) is 1. The zero-order valence-corrected chi connectivity index (χ0v) is 16.4. The predicted molar refractivity (Wildman–Crippen MR) is 107 cm³/mol. The van der Waals surface area contributed by atoms with Crippen molar-refractivity contribution < 1.29 is 14.3 Å². The number of ether oxygens (including phenoxy) is 1. The van der Waals surface area contributed by atoms with Crippen LogP contribution in [0.2, 0.25) is 0 Å². The van der Waals surface area contributed by atoms with E-state index in [1.807, 2.05) is 62.2 Å². The van der Waals surface area contributed by atoms with Gasteiger partial charge in [0, 0.05) is 44.7 Å². The molecular weight excluding hydrogens is 342 g/mol. The molecule has 1 atom stereocenters. The molecule has 1 fully saturated rings. The molecule has 2 rings (SSSR count). The Labute approximate surface area is 161 Å². The number of morpholine rings is 1. The molecule has 0 radical (unpaired) electrons. The maximum absolute atomic E-state index is 12.5. The summed E-state index contributed by atoms with van der Waals surface area (Å²) in [6.45, 7) is 5.72. The van der Waals surface area contributed by atoms with Gasteiger partial charge in [0.05, 0.1) is 13.2 Å². The van der Waals surface area contributed by atoms with Crippen LogP contribution >= 0.6 is 0 Å². The SMILES string of the molecule is CC/C=C/C=C/C(=O)NCC1(C)CN(C(=O)/C=C/c2ccn(C)c2)CCO1. The van der Waals surface area contributed by atoms with E-state index < -0.39 is 5.60 Å². The lowest BCUT2D eigenvalue weighted by Crippen LogP contribution is -2.56. The third-order valence-electron chi connectivity index (χ3n) is 4.29. The highest BCUT2D eigenvalue weighted by molar-refractivity contribution is 5.92. The first-order valence-corrected chi connectivity index (χ1v) is 9.26. The van der Waals surface area contributed by atoms with Crippen molar-refractivity contribution in [2.75, 3.05) is 26.2 Å². The molecule has 1 aliphatic rings. The van der Waals surface area contributed by atoms with Crippen LogP contribution in [-0.2, 0) is 21.4 Å². The molecule has 0 saturated carbocycles. The van der Waals surface area contributed by atoms with E-state index >= 15 is 0 Å². The van der Waals surface area contributed by atoms with E-state index in [4.69, 9.17) is 4.74 Å². The molecule has 1 saturated heterocycles. The van der Waals surface area contributed by atoms with Gasteiger partial charge in [-0.05, 0) is 31.1 Å². The average Bonchev–Trinajstić information content (AvgIpc) is 3.07. The second-order valence-corrected chi connectivity index (χ2v) is 6.92. The lowest BCUT2D eigenvalue weighted by Gasteiger charge is -2.40. The van der Waals surface area contributed by atoms with Gasteiger partial charge in [-0.3, -0.25) is 9.59 Å². The number of amides is 2. The Hall–Kier alpha value is -2.60. The van der Waals surface area contributed by atoms with E-state index in [2.05, 4.69) is 5.32 Å². The van der Waals surface area contributed by atoms with Crippen LogP contribution in [0.25, 0.3) is 6.08 Å². The predicted octanol–water partition coefficient (Wildman–Crippen LogP) is 2.29. The van der Waals surface area contributed by atoms with Gasteiger partial charge in [-0.15, -0.1) is 0 Å². The molecule has 0 aromatic carbocycles. The van der Waals surface area contributed by atoms with Gasteiger partial charge in [0.2, 0.25) is 11.8 Å². The second kappa shape index (κ2) is 9.92. The highest BCUT2D eigenvalue weighted by Crippen LogP contribution is 2.17. The molecule has 1 unspecified atom stereocenters. The van der Waals surface area contributed by atoms with E-state index in [1.54, 1.807) is 17.1 Å². The normalized spacial score (nSPS) is 20.8. The Morgan fingerprint density at radius 2 is 2.15 bits per heavy atom. The van der Waals surface area contributed by atoms with Crippen molar-refractivity contribution in [1.82, 2.24) is 14.8 Å². The van der Waals surface area contributed by atoms with E-state index in [-0.39, 0.29) is 11.8 Å². The van der Waals surface area contributed by atoms with Crippen molar-refractivity contribution in [3.63, 3.8) is 0 Å². The van der Waals surface area contributed by atoms with Gasteiger partial charge in [0.15, 0.2) is 0 Å². The maximum Gasteiger partial charge on any atom is 0.246 e. The smallest absolute Gasteiger partial charge is 0.246 e. The van der Waals surface area contributed by atoms with Crippen molar-refractivity contribution >= 4 is 17.9 Å². The lowest BCUT2D eigenvalue weighted by molar-refractivity contribution is -0.143. The number of allylic oxidation sites excluding steroid dienone is 3. The molecule has 146 valence electrons. The van der Waals surface area contributed by atoms with Gasteiger partial charge in [0.25, 0.3) is 0 Å². The van der Waals surface area contributed by atoms with Crippen LogP contribution in [0, 0.1) is 0 Å². The van der Waals surface area contributed by atoms with Crippen LogP contribution in [0.15, 0.2) is 48.8 Å². The summed E-state index contributed by atoms with van der Waals surface area (Å²) in [6.07, 6.45) is 15.2. The van der Waals surface area contributed by atoms with Gasteiger partial charge in [-0.25, -0.2) is 0 Å². The summed E-state index contributed by atoms with van der Waals surface area (Å²) >= 11 is 0. The van der Waals surface area contributed by atoms with Gasteiger partial charge in [-0.1, -0.05) is 25.2 Å². The number of carbonyl (C=O) groups excluding carboxylic acids is 2. The Bertz CT molecular complexity index is 733. The van der Waals surface area contributed by atoms with Gasteiger partial charge in [-0.2, -0.15) is 0 Å². The zero-order valence-electron chi connectivity index (χ0n) is 16.4. The van der Waals surface area contributed by atoms with E-state index in [0.717, 1.165) is 12.0 Å². The first-order chi connectivity index (χ1) is 12.9. The van der Waals surface area contributed by atoms with Crippen LogP contribution in [0.3, 0.4) is 0 Å². The molecule has 6 heteroatoms. The number of nitrogens with zero attached hydrogens (tertiary/aromatic N) is 2. The van der Waals surface area contributed by atoms with Crippen LogP contribution < -0.4 is 5.32 Å². The average molecular weight is 371 g/mol. The number of rotatable bonds is 7. The molecule has 1 N–H and O–H groups in total. The first-order valence-electron chi connectivity index (χ1n) is 9.26. The monoisotopic (exact) mass is 371 g/mol. The van der Waals surface area contributed by atoms with Crippen LogP contribution in [0.5, 0.6) is 0 Å². The van der Waals surface area contributed by atoms with Crippen molar-refractivity contribution in [2.45, 2.75) is 25.9 Å². The standard InChI is InChI=1S/C21H29N3O3/c1-4-5-6-7-8-19(25)22-16-21(2)17-24(13-14-27-21)20(26)10-9-18-11-12-23(3)15-18/h5-12,15H,4,13-14,16-17H2,1-3H3,(H,22,25)/b6-5+,8-7+,10-9+. The van der Waals surface area contributed by atoms with Gasteiger partial charge >= 0.3 is 0 Å². The molecule has 0 bridgehead atoms. The van der Waals surface area contributed by atoms with E-state index in [9.17, 15) is 9.59 Å². The number of aromatic nitrogens is 1. The molecule has 0 spiro atoms. The van der Waals surface area contributed by atoms with Crippen molar-refractivity contribution in [2.24, 2.45) is 7.05 Å². The Kier molecular flexibility index (Phi) is 7.61. The fourth-order valence-electron chi connectivity index (χ4n) is 2.81. The Morgan fingerprint density at radius 3 is 2.85 bits per heavy atom. The lowest BCUT2D eigenvalue weighted by atomic mass is 10.0. The number of carbonyl (C=O) groups is 2. The second-order valence-electron chi connectivity index (χ2n) is 6.92. The van der Waals surface area contributed by atoms with Gasteiger partial charge in [0.1, 0.15) is 5.60 Å².